The molecule has 6 nitrogen and oxygen atoms in total. The summed E-state index contributed by atoms with van der Waals surface area (Å²) in [4.78, 5) is 30.7. The summed E-state index contributed by atoms with van der Waals surface area (Å²) in [6.45, 7) is 2.29. The van der Waals surface area contributed by atoms with Crippen LogP contribution < -0.4 is 4.90 Å². The summed E-state index contributed by atoms with van der Waals surface area (Å²) in [6.07, 6.45) is 1.35. The van der Waals surface area contributed by atoms with E-state index in [0.717, 1.165) is 11.3 Å². The minimum atomic E-state index is -0.493. The number of anilines is 1. The first kappa shape index (κ1) is 16.8. The Bertz CT molecular complexity index is 636. The first-order valence-corrected chi connectivity index (χ1v) is 8.38. The van der Waals surface area contributed by atoms with Crippen LogP contribution in [0.1, 0.15) is 18.4 Å². The number of para-hydroxylation sites is 1. The van der Waals surface area contributed by atoms with Crippen molar-refractivity contribution in [1.82, 2.24) is 9.80 Å². The maximum Gasteiger partial charge on any atom is 0.319 e. The van der Waals surface area contributed by atoms with Crippen molar-refractivity contribution in [3.63, 3.8) is 0 Å². The second-order valence-corrected chi connectivity index (χ2v) is 6.71. The lowest BCUT2D eigenvalue weighted by Crippen LogP contribution is -2.52. The molecule has 0 saturated carbocycles. The number of likely N-dealkylation sites (tertiary alicyclic amines) is 1. The highest BCUT2D eigenvalue weighted by atomic mass is 16.5. The number of methoxy groups -OCH3 is 1. The SMILES string of the molecule is COCCN1C(=O)C2(CCN(C(=O)N(C)C)CC2)c2ccccc21. The summed E-state index contributed by atoms with van der Waals surface area (Å²) in [5.41, 5.74) is 1.60. The Morgan fingerprint density at radius 2 is 1.92 bits per heavy atom. The molecule has 1 fully saturated rings. The predicted octanol–water partition coefficient (Wildman–Crippen LogP) is 1.69. The Labute approximate surface area is 143 Å². The van der Waals surface area contributed by atoms with Crippen LogP contribution in [0.2, 0.25) is 0 Å². The highest BCUT2D eigenvalue weighted by Crippen LogP contribution is 2.47. The van der Waals surface area contributed by atoms with E-state index in [4.69, 9.17) is 4.74 Å². The third kappa shape index (κ3) is 2.55. The van der Waals surface area contributed by atoms with Gasteiger partial charge in [0, 0.05) is 46.5 Å². The molecule has 2 aliphatic rings. The van der Waals surface area contributed by atoms with Crippen LogP contribution in [-0.4, -0.2) is 69.2 Å². The number of ether oxygens (including phenoxy) is 1. The normalized spacial score (nSPS) is 18.9. The fourth-order valence-electron chi connectivity index (χ4n) is 3.85. The molecular weight excluding hydrogens is 306 g/mol. The van der Waals surface area contributed by atoms with Gasteiger partial charge < -0.3 is 19.4 Å². The summed E-state index contributed by atoms with van der Waals surface area (Å²) < 4.78 is 5.17. The second kappa shape index (κ2) is 6.43. The molecule has 24 heavy (non-hydrogen) atoms. The molecule has 2 aliphatic heterocycles. The minimum Gasteiger partial charge on any atom is -0.383 e. The van der Waals surface area contributed by atoms with Crippen LogP contribution in [0, 0.1) is 0 Å². The van der Waals surface area contributed by atoms with Crippen molar-refractivity contribution in [3.8, 4) is 0 Å². The standard InChI is InChI=1S/C18H25N3O3/c1-19(2)17(23)20-10-8-18(9-11-20)14-6-4-5-7-15(14)21(16(18)22)12-13-24-3/h4-7H,8-13H2,1-3H3. The van der Waals surface area contributed by atoms with Crippen molar-refractivity contribution in [3.05, 3.63) is 29.8 Å². The number of amides is 3. The average Bonchev–Trinajstić information content (AvgIpc) is 2.82. The van der Waals surface area contributed by atoms with Crippen LogP contribution in [0.4, 0.5) is 10.5 Å². The van der Waals surface area contributed by atoms with Gasteiger partial charge >= 0.3 is 6.03 Å². The largest absolute Gasteiger partial charge is 0.383 e. The molecule has 0 unspecified atom stereocenters. The summed E-state index contributed by atoms with van der Waals surface area (Å²) in [5, 5.41) is 0. The van der Waals surface area contributed by atoms with Gasteiger partial charge in [0.05, 0.1) is 12.0 Å². The first-order valence-electron chi connectivity index (χ1n) is 8.38. The van der Waals surface area contributed by atoms with E-state index in [0.29, 0.717) is 39.1 Å². The molecule has 0 radical (unpaired) electrons. The third-order valence-corrected chi connectivity index (χ3v) is 5.15. The molecule has 0 bridgehead atoms. The van der Waals surface area contributed by atoms with Gasteiger partial charge in [0.15, 0.2) is 0 Å². The Kier molecular flexibility index (Phi) is 4.49. The van der Waals surface area contributed by atoms with Crippen molar-refractivity contribution in [2.75, 3.05) is 52.3 Å². The number of urea groups is 1. The van der Waals surface area contributed by atoms with Gasteiger partial charge in [-0.05, 0) is 24.5 Å². The quantitative estimate of drug-likeness (QED) is 0.847. The second-order valence-electron chi connectivity index (χ2n) is 6.71. The molecule has 2 heterocycles. The van der Waals surface area contributed by atoms with Crippen molar-refractivity contribution in [2.24, 2.45) is 0 Å². The van der Waals surface area contributed by atoms with Crippen molar-refractivity contribution >= 4 is 17.6 Å². The molecule has 0 N–H and O–H groups in total. The van der Waals surface area contributed by atoms with E-state index in [2.05, 4.69) is 6.07 Å². The van der Waals surface area contributed by atoms with Crippen LogP contribution in [0.5, 0.6) is 0 Å². The van der Waals surface area contributed by atoms with Crippen LogP contribution >= 0.6 is 0 Å². The molecule has 6 heteroatoms. The smallest absolute Gasteiger partial charge is 0.319 e. The van der Waals surface area contributed by atoms with Crippen molar-refractivity contribution in [2.45, 2.75) is 18.3 Å². The molecular formula is C18H25N3O3. The van der Waals surface area contributed by atoms with Crippen molar-refractivity contribution < 1.29 is 14.3 Å². The molecule has 3 amide bonds. The predicted molar refractivity (Wildman–Crippen MR) is 92.2 cm³/mol. The highest BCUT2D eigenvalue weighted by molar-refractivity contribution is 6.08. The molecule has 0 atom stereocenters. The zero-order valence-electron chi connectivity index (χ0n) is 14.6. The van der Waals surface area contributed by atoms with E-state index in [1.165, 1.54) is 0 Å². The molecule has 0 aromatic heterocycles. The lowest BCUT2D eigenvalue weighted by Gasteiger charge is -2.39. The van der Waals surface area contributed by atoms with E-state index < -0.39 is 5.41 Å². The zero-order chi connectivity index (χ0) is 17.3. The van der Waals surface area contributed by atoms with E-state index in [9.17, 15) is 9.59 Å². The summed E-state index contributed by atoms with van der Waals surface area (Å²) in [5.74, 6) is 0.151. The molecule has 130 valence electrons. The topological polar surface area (TPSA) is 53.1 Å². The lowest BCUT2D eigenvalue weighted by atomic mass is 9.73. The number of carbonyl (C=O) groups is 2. The summed E-state index contributed by atoms with van der Waals surface area (Å²) in [6, 6.07) is 8.04. The molecule has 3 rings (SSSR count). The van der Waals surface area contributed by atoms with Gasteiger partial charge in [-0.15, -0.1) is 0 Å². The van der Waals surface area contributed by atoms with E-state index in [1.54, 1.807) is 26.1 Å². The maximum absolute atomic E-state index is 13.2. The zero-order valence-corrected chi connectivity index (χ0v) is 14.6. The van der Waals surface area contributed by atoms with Crippen LogP contribution in [0.15, 0.2) is 24.3 Å². The molecule has 1 aromatic carbocycles. The number of carbonyl (C=O) groups excluding carboxylic acids is 2. The van der Waals surface area contributed by atoms with Crippen molar-refractivity contribution in [1.29, 1.82) is 0 Å². The van der Waals surface area contributed by atoms with E-state index in [-0.39, 0.29) is 11.9 Å². The number of benzene rings is 1. The Morgan fingerprint density at radius 1 is 1.25 bits per heavy atom. The highest BCUT2D eigenvalue weighted by Gasteiger charge is 2.52. The number of hydrogen-bond acceptors (Lipinski definition) is 3. The van der Waals surface area contributed by atoms with Gasteiger partial charge in [-0.2, -0.15) is 0 Å². The maximum atomic E-state index is 13.2. The minimum absolute atomic E-state index is 0.0137. The number of hydrogen-bond donors (Lipinski definition) is 0. The van der Waals surface area contributed by atoms with Gasteiger partial charge in [0.2, 0.25) is 5.91 Å². The lowest BCUT2D eigenvalue weighted by molar-refractivity contribution is -0.124. The van der Waals surface area contributed by atoms with Gasteiger partial charge in [0.1, 0.15) is 0 Å². The van der Waals surface area contributed by atoms with E-state index in [1.807, 2.05) is 28.0 Å². The first-order chi connectivity index (χ1) is 11.5. The fraction of sp³-hybridized carbons (Fsp3) is 0.556. The number of piperidine rings is 1. The Hall–Kier alpha value is -2.08. The summed E-state index contributed by atoms with van der Waals surface area (Å²) >= 11 is 0. The number of fused-ring (bicyclic) bond motifs is 2. The van der Waals surface area contributed by atoms with Crippen LogP contribution in [0.3, 0.4) is 0 Å². The van der Waals surface area contributed by atoms with Gasteiger partial charge in [-0.1, -0.05) is 18.2 Å². The van der Waals surface area contributed by atoms with Crippen LogP contribution in [0.25, 0.3) is 0 Å². The van der Waals surface area contributed by atoms with Gasteiger partial charge in [-0.25, -0.2) is 4.79 Å². The third-order valence-electron chi connectivity index (χ3n) is 5.15. The molecule has 1 aromatic rings. The number of nitrogens with zero attached hydrogens (tertiary/aromatic N) is 3. The van der Waals surface area contributed by atoms with E-state index >= 15 is 0 Å². The van der Waals surface area contributed by atoms with Gasteiger partial charge in [0.25, 0.3) is 0 Å². The fourth-order valence-corrected chi connectivity index (χ4v) is 3.85. The molecule has 1 saturated heterocycles. The summed E-state index contributed by atoms with van der Waals surface area (Å²) in [7, 11) is 5.16. The van der Waals surface area contributed by atoms with Crippen LogP contribution in [-0.2, 0) is 14.9 Å². The Morgan fingerprint density at radius 3 is 2.54 bits per heavy atom. The molecule has 1 spiro atoms. The van der Waals surface area contributed by atoms with Gasteiger partial charge in [-0.3, -0.25) is 4.79 Å². The average molecular weight is 331 g/mol. The monoisotopic (exact) mass is 331 g/mol. The number of rotatable bonds is 3. The Balaban J connectivity index is 1.86. The molecule has 0 aliphatic carbocycles.